The predicted molar refractivity (Wildman–Crippen MR) is 79.8 cm³/mol. The van der Waals surface area contributed by atoms with E-state index in [0.717, 1.165) is 25.0 Å². The van der Waals surface area contributed by atoms with Gasteiger partial charge in [-0.2, -0.15) is 4.80 Å². The zero-order chi connectivity index (χ0) is 15.4. The molecule has 1 amide bonds. The van der Waals surface area contributed by atoms with Crippen LogP contribution in [0.2, 0.25) is 0 Å². The fourth-order valence-corrected chi connectivity index (χ4v) is 2.53. The second-order valence-electron chi connectivity index (χ2n) is 5.42. The molecule has 116 valence electrons. The van der Waals surface area contributed by atoms with Gasteiger partial charge < -0.3 is 10.1 Å². The molecular formula is C15H19N5O2. The number of nitrogens with zero attached hydrogens (tertiary/aromatic N) is 4. The Morgan fingerprint density at radius 2 is 2.27 bits per heavy atom. The number of benzene rings is 1. The molecule has 1 aliphatic rings. The summed E-state index contributed by atoms with van der Waals surface area (Å²) < 4.78 is 5.56. The highest BCUT2D eigenvalue weighted by Crippen LogP contribution is 2.15. The number of rotatable bonds is 5. The van der Waals surface area contributed by atoms with Crippen molar-refractivity contribution >= 4 is 5.91 Å². The van der Waals surface area contributed by atoms with E-state index in [0.29, 0.717) is 5.82 Å². The number of ether oxygens (including phenoxy) is 1. The molecule has 0 aliphatic carbocycles. The van der Waals surface area contributed by atoms with Gasteiger partial charge in [-0.25, -0.2) is 0 Å². The molecule has 7 heteroatoms. The maximum absolute atomic E-state index is 12.0. The number of nitrogens with one attached hydrogen (secondary N) is 1. The predicted octanol–water partition coefficient (Wildman–Crippen LogP) is 1.02. The summed E-state index contributed by atoms with van der Waals surface area (Å²) >= 11 is 0. The van der Waals surface area contributed by atoms with Gasteiger partial charge in [0.25, 0.3) is 0 Å². The molecule has 1 fully saturated rings. The van der Waals surface area contributed by atoms with Gasteiger partial charge in [-0.05, 0) is 25.0 Å². The summed E-state index contributed by atoms with van der Waals surface area (Å²) in [5.41, 5.74) is 0.877. The van der Waals surface area contributed by atoms with E-state index < -0.39 is 0 Å². The highest BCUT2D eigenvalue weighted by molar-refractivity contribution is 5.75. The van der Waals surface area contributed by atoms with Gasteiger partial charge in [0, 0.05) is 12.2 Å². The van der Waals surface area contributed by atoms with Crippen LogP contribution in [0.3, 0.4) is 0 Å². The molecule has 0 unspecified atom stereocenters. The van der Waals surface area contributed by atoms with E-state index in [1.807, 2.05) is 37.3 Å². The summed E-state index contributed by atoms with van der Waals surface area (Å²) in [5, 5.41) is 15.0. The summed E-state index contributed by atoms with van der Waals surface area (Å²) in [6.07, 6.45) is 2.14. The number of aromatic nitrogens is 4. The van der Waals surface area contributed by atoms with Gasteiger partial charge in [-0.15, -0.1) is 10.2 Å². The maximum atomic E-state index is 12.0. The standard InChI is InChI=1S/C15H19N5O2/c1-11(13-8-5-9-22-13)16-14(21)10-20-18-15(17-19-20)12-6-3-2-4-7-12/h2-4,6-7,11,13H,5,8-10H2,1H3,(H,16,21)/t11-,13-/m0/s1. The van der Waals surface area contributed by atoms with Crippen LogP contribution in [0.25, 0.3) is 11.4 Å². The minimum atomic E-state index is -0.139. The summed E-state index contributed by atoms with van der Waals surface area (Å²) in [6, 6.07) is 9.54. The van der Waals surface area contributed by atoms with Gasteiger partial charge in [-0.3, -0.25) is 4.79 Å². The second-order valence-corrected chi connectivity index (χ2v) is 5.42. The summed E-state index contributed by atoms with van der Waals surface area (Å²) in [5.74, 6) is 0.376. The molecule has 1 saturated heterocycles. The number of hydrogen-bond acceptors (Lipinski definition) is 5. The molecule has 1 aromatic heterocycles. The van der Waals surface area contributed by atoms with Crippen LogP contribution in [-0.4, -0.2) is 44.9 Å². The third-order valence-corrected chi connectivity index (χ3v) is 3.68. The van der Waals surface area contributed by atoms with Crippen LogP contribution in [0.5, 0.6) is 0 Å². The molecule has 1 aliphatic heterocycles. The van der Waals surface area contributed by atoms with Crippen LogP contribution >= 0.6 is 0 Å². The Bertz CT molecular complexity index is 622. The van der Waals surface area contributed by atoms with Crippen LogP contribution < -0.4 is 5.32 Å². The normalized spacial score (nSPS) is 19.0. The van der Waals surface area contributed by atoms with Crippen LogP contribution in [0.15, 0.2) is 30.3 Å². The van der Waals surface area contributed by atoms with Crippen LogP contribution in [-0.2, 0) is 16.1 Å². The molecule has 0 saturated carbocycles. The van der Waals surface area contributed by atoms with Crippen LogP contribution in [0.1, 0.15) is 19.8 Å². The molecule has 0 spiro atoms. The van der Waals surface area contributed by atoms with Gasteiger partial charge in [0.2, 0.25) is 11.7 Å². The maximum Gasteiger partial charge on any atom is 0.243 e. The fourth-order valence-electron chi connectivity index (χ4n) is 2.53. The lowest BCUT2D eigenvalue weighted by atomic mass is 10.1. The zero-order valence-corrected chi connectivity index (χ0v) is 12.5. The van der Waals surface area contributed by atoms with Crippen molar-refractivity contribution < 1.29 is 9.53 Å². The number of carbonyl (C=O) groups excluding carboxylic acids is 1. The van der Waals surface area contributed by atoms with E-state index in [-0.39, 0.29) is 24.6 Å². The Morgan fingerprint density at radius 1 is 1.45 bits per heavy atom. The smallest absolute Gasteiger partial charge is 0.243 e. The van der Waals surface area contributed by atoms with Gasteiger partial charge in [-0.1, -0.05) is 30.3 Å². The zero-order valence-electron chi connectivity index (χ0n) is 12.5. The van der Waals surface area contributed by atoms with Gasteiger partial charge in [0.15, 0.2) is 0 Å². The molecule has 2 heterocycles. The first-order valence-electron chi connectivity index (χ1n) is 7.46. The van der Waals surface area contributed by atoms with E-state index >= 15 is 0 Å². The largest absolute Gasteiger partial charge is 0.376 e. The van der Waals surface area contributed by atoms with Crippen molar-refractivity contribution in [2.24, 2.45) is 0 Å². The topological polar surface area (TPSA) is 81.9 Å². The monoisotopic (exact) mass is 301 g/mol. The van der Waals surface area contributed by atoms with E-state index in [1.54, 1.807) is 0 Å². The lowest BCUT2D eigenvalue weighted by Gasteiger charge is -2.19. The van der Waals surface area contributed by atoms with Crippen molar-refractivity contribution in [1.82, 2.24) is 25.5 Å². The van der Waals surface area contributed by atoms with Gasteiger partial charge in [0.05, 0.1) is 12.1 Å². The molecular weight excluding hydrogens is 282 g/mol. The lowest BCUT2D eigenvalue weighted by molar-refractivity contribution is -0.123. The molecule has 1 aromatic carbocycles. The minimum Gasteiger partial charge on any atom is -0.376 e. The Balaban J connectivity index is 1.57. The van der Waals surface area contributed by atoms with Gasteiger partial charge >= 0.3 is 0 Å². The number of hydrogen-bond donors (Lipinski definition) is 1. The Hall–Kier alpha value is -2.28. The van der Waals surface area contributed by atoms with Crippen LogP contribution in [0.4, 0.5) is 0 Å². The quantitative estimate of drug-likeness (QED) is 0.891. The Labute approximate surface area is 128 Å². The average molecular weight is 301 g/mol. The highest BCUT2D eigenvalue weighted by atomic mass is 16.5. The number of carbonyl (C=O) groups is 1. The SMILES string of the molecule is C[C@H](NC(=O)Cn1nnc(-c2ccccc2)n1)[C@@H]1CCCO1. The Kier molecular flexibility index (Phi) is 4.43. The molecule has 22 heavy (non-hydrogen) atoms. The first-order valence-corrected chi connectivity index (χ1v) is 7.46. The molecule has 2 aromatic rings. The molecule has 3 rings (SSSR count). The lowest BCUT2D eigenvalue weighted by Crippen LogP contribution is -2.42. The third-order valence-electron chi connectivity index (χ3n) is 3.68. The summed E-state index contributed by atoms with van der Waals surface area (Å²) in [4.78, 5) is 13.3. The van der Waals surface area contributed by atoms with Crippen molar-refractivity contribution in [3.8, 4) is 11.4 Å². The molecule has 7 nitrogen and oxygen atoms in total. The van der Waals surface area contributed by atoms with Gasteiger partial charge in [0.1, 0.15) is 6.54 Å². The molecule has 1 N–H and O–H groups in total. The van der Waals surface area contributed by atoms with Crippen molar-refractivity contribution in [1.29, 1.82) is 0 Å². The van der Waals surface area contributed by atoms with Crippen molar-refractivity contribution in [2.75, 3.05) is 6.61 Å². The minimum absolute atomic E-state index is 0.00730. The third kappa shape index (κ3) is 3.48. The number of amides is 1. The summed E-state index contributed by atoms with van der Waals surface area (Å²) in [7, 11) is 0. The first kappa shape index (κ1) is 14.6. The highest BCUT2D eigenvalue weighted by Gasteiger charge is 2.23. The molecule has 0 radical (unpaired) electrons. The van der Waals surface area contributed by atoms with Crippen molar-refractivity contribution in [3.63, 3.8) is 0 Å². The van der Waals surface area contributed by atoms with E-state index in [9.17, 15) is 4.79 Å². The van der Waals surface area contributed by atoms with Crippen molar-refractivity contribution in [3.05, 3.63) is 30.3 Å². The van der Waals surface area contributed by atoms with Crippen LogP contribution in [0, 0.1) is 0 Å². The van der Waals surface area contributed by atoms with E-state index in [4.69, 9.17) is 4.74 Å². The Morgan fingerprint density at radius 3 is 3.00 bits per heavy atom. The molecule has 0 bridgehead atoms. The van der Waals surface area contributed by atoms with E-state index in [2.05, 4.69) is 20.7 Å². The molecule has 2 atom stereocenters. The average Bonchev–Trinajstić information content (AvgIpc) is 3.19. The second kappa shape index (κ2) is 6.65. The fraction of sp³-hybridized carbons (Fsp3) is 0.467. The first-order chi connectivity index (χ1) is 10.7. The summed E-state index contributed by atoms with van der Waals surface area (Å²) in [6.45, 7) is 2.78. The number of tetrazole rings is 1. The van der Waals surface area contributed by atoms with E-state index in [1.165, 1.54) is 4.80 Å². The van der Waals surface area contributed by atoms with Crippen molar-refractivity contribution in [2.45, 2.75) is 38.5 Å².